The van der Waals surface area contributed by atoms with Crippen LogP contribution in [-0.4, -0.2) is 68.1 Å². The molecule has 0 radical (unpaired) electrons. The summed E-state index contributed by atoms with van der Waals surface area (Å²) in [5, 5.41) is 7.54. The molecule has 0 bridgehead atoms. The number of nitrogens with one attached hydrogen (secondary N) is 2. The molecule has 1 atom stereocenters. The summed E-state index contributed by atoms with van der Waals surface area (Å²) in [7, 11) is 2.19. The Morgan fingerprint density at radius 1 is 1.17 bits per heavy atom. The summed E-state index contributed by atoms with van der Waals surface area (Å²) < 4.78 is 0. The van der Waals surface area contributed by atoms with Crippen LogP contribution in [-0.2, 0) is 6.54 Å². The molecule has 1 aromatic rings. The van der Waals surface area contributed by atoms with Crippen LogP contribution in [0.4, 0.5) is 0 Å². The second kappa shape index (κ2) is 9.87. The zero-order valence-corrected chi connectivity index (χ0v) is 15.8. The van der Waals surface area contributed by atoms with Gasteiger partial charge in [-0.2, -0.15) is 0 Å². The van der Waals surface area contributed by atoms with Crippen molar-refractivity contribution in [2.75, 3.05) is 46.3 Å². The van der Waals surface area contributed by atoms with Crippen molar-refractivity contribution in [2.24, 2.45) is 4.99 Å². The first-order chi connectivity index (χ1) is 11.6. The Morgan fingerprint density at radius 3 is 2.46 bits per heavy atom. The molecule has 134 valence electrons. The van der Waals surface area contributed by atoms with Crippen molar-refractivity contribution < 1.29 is 0 Å². The lowest BCUT2D eigenvalue weighted by Crippen LogP contribution is -2.52. The SMILES string of the molecule is CCNC(=NCc1ccc(Cl)cc1)NCC(C)N1CCN(C)CC1. The summed E-state index contributed by atoms with van der Waals surface area (Å²) in [6.07, 6.45) is 0. The number of hydrogen-bond donors (Lipinski definition) is 2. The Bertz CT molecular complexity index is 509. The zero-order valence-electron chi connectivity index (χ0n) is 15.1. The van der Waals surface area contributed by atoms with Gasteiger partial charge in [-0.3, -0.25) is 4.90 Å². The Morgan fingerprint density at radius 2 is 1.83 bits per heavy atom. The highest BCUT2D eigenvalue weighted by molar-refractivity contribution is 6.30. The molecule has 1 aromatic carbocycles. The predicted octanol–water partition coefficient (Wildman–Crippen LogP) is 2.03. The summed E-state index contributed by atoms with van der Waals surface area (Å²) >= 11 is 5.92. The molecule has 1 aliphatic rings. The summed E-state index contributed by atoms with van der Waals surface area (Å²) in [5.74, 6) is 0.869. The predicted molar refractivity (Wildman–Crippen MR) is 103 cm³/mol. The molecule has 2 N–H and O–H groups in total. The van der Waals surface area contributed by atoms with Crippen LogP contribution in [0.5, 0.6) is 0 Å². The number of aliphatic imine (C=N–C) groups is 1. The Kier molecular flexibility index (Phi) is 7.82. The summed E-state index contributed by atoms with van der Waals surface area (Å²) in [4.78, 5) is 9.59. The molecule has 1 unspecified atom stereocenters. The van der Waals surface area contributed by atoms with Gasteiger partial charge in [0.25, 0.3) is 0 Å². The largest absolute Gasteiger partial charge is 0.357 e. The lowest BCUT2D eigenvalue weighted by molar-refractivity contribution is 0.120. The minimum atomic E-state index is 0.498. The molecule has 6 heteroatoms. The van der Waals surface area contributed by atoms with E-state index in [2.05, 4.69) is 46.3 Å². The van der Waals surface area contributed by atoms with E-state index < -0.39 is 0 Å². The van der Waals surface area contributed by atoms with Gasteiger partial charge >= 0.3 is 0 Å². The van der Waals surface area contributed by atoms with E-state index in [-0.39, 0.29) is 0 Å². The molecular weight excluding hydrogens is 322 g/mol. The zero-order chi connectivity index (χ0) is 17.4. The highest BCUT2D eigenvalue weighted by Crippen LogP contribution is 2.10. The number of halogens is 1. The van der Waals surface area contributed by atoms with E-state index in [9.17, 15) is 0 Å². The first kappa shape index (κ1) is 19.0. The van der Waals surface area contributed by atoms with Crippen molar-refractivity contribution >= 4 is 17.6 Å². The quantitative estimate of drug-likeness (QED) is 0.608. The van der Waals surface area contributed by atoms with Crippen LogP contribution < -0.4 is 10.6 Å². The molecule has 5 nitrogen and oxygen atoms in total. The summed E-state index contributed by atoms with van der Waals surface area (Å²) in [6.45, 7) is 11.3. The number of nitrogens with zero attached hydrogens (tertiary/aromatic N) is 3. The number of rotatable bonds is 6. The minimum absolute atomic E-state index is 0.498. The second-order valence-electron chi connectivity index (χ2n) is 6.39. The van der Waals surface area contributed by atoms with E-state index in [1.165, 1.54) is 0 Å². The lowest BCUT2D eigenvalue weighted by atomic mass is 10.2. The average molecular weight is 352 g/mol. The van der Waals surface area contributed by atoms with Crippen molar-refractivity contribution in [2.45, 2.75) is 26.4 Å². The van der Waals surface area contributed by atoms with Crippen LogP contribution in [0.15, 0.2) is 29.3 Å². The van der Waals surface area contributed by atoms with Gasteiger partial charge in [0.2, 0.25) is 0 Å². The van der Waals surface area contributed by atoms with E-state index in [0.717, 1.165) is 55.8 Å². The van der Waals surface area contributed by atoms with Gasteiger partial charge in [0.1, 0.15) is 0 Å². The molecule has 24 heavy (non-hydrogen) atoms. The lowest BCUT2D eigenvalue weighted by Gasteiger charge is -2.36. The van der Waals surface area contributed by atoms with Crippen molar-refractivity contribution in [3.63, 3.8) is 0 Å². The average Bonchev–Trinajstić information content (AvgIpc) is 2.59. The van der Waals surface area contributed by atoms with Crippen LogP contribution in [0.1, 0.15) is 19.4 Å². The van der Waals surface area contributed by atoms with Gasteiger partial charge in [-0.15, -0.1) is 0 Å². The first-order valence-electron chi connectivity index (χ1n) is 8.77. The van der Waals surface area contributed by atoms with E-state index >= 15 is 0 Å². The van der Waals surface area contributed by atoms with Crippen molar-refractivity contribution in [3.8, 4) is 0 Å². The monoisotopic (exact) mass is 351 g/mol. The van der Waals surface area contributed by atoms with Crippen LogP contribution in [0.25, 0.3) is 0 Å². The standard InChI is InChI=1S/C18H30ClN5/c1-4-20-18(22-14-16-5-7-17(19)8-6-16)21-13-15(2)24-11-9-23(3)10-12-24/h5-8,15H,4,9-14H2,1-3H3,(H2,20,21,22). The minimum Gasteiger partial charge on any atom is -0.357 e. The third-order valence-electron chi connectivity index (χ3n) is 4.40. The fourth-order valence-corrected chi connectivity index (χ4v) is 2.86. The van der Waals surface area contributed by atoms with Crippen molar-refractivity contribution in [1.82, 2.24) is 20.4 Å². The molecule has 0 saturated carbocycles. The molecule has 0 aliphatic carbocycles. The molecule has 1 fully saturated rings. The van der Waals surface area contributed by atoms with Gasteiger partial charge in [-0.1, -0.05) is 23.7 Å². The molecule has 1 saturated heterocycles. The van der Waals surface area contributed by atoms with Crippen LogP contribution >= 0.6 is 11.6 Å². The molecule has 0 amide bonds. The van der Waals surface area contributed by atoms with E-state index in [1.54, 1.807) is 0 Å². The number of likely N-dealkylation sites (N-methyl/N-ethyl adjacent to an activating group) is 1. The summed E-state index contributed by atoms with van der Waals surface area (Å²) in [5.41, 5.74) is 1.16. The van der Waals surface area contributed by atoms with Crippen LogP contribution in [0.2, 0.25) is 5.02 Å². The Labute approximate surface area is 151 Å². The van der Waals surface area contributed by atoms with Gasteiger partial charge in [0, 0.05) is 50.3 Å². The third-order valence-corrected chi connectivity index (χ3v) is 4.66. The summed E-state index contributed by atoms with van der Waals surface area (Å²) in [6, 6.07) is 8.34. The van der Waals surface area contributed by atoms with Crippen molar-refractivity contribution in [1.29, 1.82) is 0 Å². The smallest absolute Gasteiger partial charge is 0.191 e. The van der Waals surface area contributed by atoms with Gasteiger partial charge < -0.3 is 15.5 Å². The fraction of sp³-hybridized carbons (Fsp3) is 0.611. The van der Waals surface area contributed by atoms with E-state index in [4.69, 9.17) is 11.6 Å². The Hall–Kier alpha value is -1.30. The van der Waals surface area contributed by atoms with Crippen LogP contribution in [0.3, 0.4) is 0 Å². The van der Waals surface area contributed by atoms with Crippen molar-refractivity contribution in [3.05, 3.63) is 34.9 Å². The van der Waals surface area contributed by atoms with E-state index in [1.807, 2.05) is 24.3 Å². The molecule has 0 spiro atoms. The molecule has 1 aliphatic heterocycles. The number of hydrogen-bond acceptors (Lipinski definition) is 3. The highest BCUT2D eigenvalue weighted by Gasteiger charge is 2.18. The van der Waals surface area contributed by atoms with Crippen LogP contribution in [0, 0.1) is 0 Å². The second-order valence-corrected chi connectivity index (χ2v) is 6.83. The fourth-order valence-electron chi connectivity index (χ4n) is 2.74. The molecular formula is C18H30ClN5. The van der Waals surface area contributed by atoms with Gasteiger partial charge in [-0.05, 0) is 38.6 Å². The normalized spacial score (nSPS) is 18.4. The maximum atomic E-state index is 5.92. The van der Waals surface area contributed by atoms with Gasteiger partial charge in [0.15, 0.2) is 5.96 Å². The van der Waals surface area contributed by atoms with E-state index in [0.29, 0.717) is 12.6 Å². The third kappa shape index (κ3) is 6.30. The highest BCUT2D eigenvalue weighted by atomic mass is 35.5. The van der Waals surface area contributed by atoms with Gasteiger partial charge in [0.05, 0.1) is 6.54 Å². The maximum Gasteiger partial charge on any atom is 0.191 e. The maximum absolute atomic E-state index is 5.92. The number of piperazine rings is 1. The molecule has 0 aromatic heterocycles. The Balaban J connectivity index is 1.83. The molecule has 2 rings (SSSR count). The number of guanidine groups is 1. The van der Waals surface area contributed by atoms with Gasteiger partial charge in [-0.25, -0.2) is 4.99 Å². The topological polar surface area (TPSA) is 42.9 Å². The first-order valence-corrected chi connectivity index (χ1v) is 9.15. The molecule has 1 heterocycles. The number of benzene rings is 1.